The summed E-state index contributed by atoms with van der Waals surface area (Å²) >= 11 is 1.71. The standard InChI is InChI=1S/C14H22N2OS/c1-2-16(11-13-9-6-10-18-13)14(17)15-12-7-4-3-5-8-12/h6,9-10,12H,2-5,7-8,11H2,1H3,(H,15,17). The molecule has 2 rings (SSSR count). The molecule has 1 aliphatic rings. The van der Waals surface area contributed by atoms with Gasteiger partial charge in [0, 0.05) is 17.5 Å². The molecule has 18 heavy (non-hydrogen) atoms. The van der Waals surface area contributed by atoms with Crippen LogP contribution in [-0.4, -0.2) is 23.5 Å². The van der Waals surface area contributed by atoms with E-state index in [0.717, 1.165) is 25.9 Å². The first-order valence-corrected chi connectivity index (χ1v) is 7.75. The van der Waals surface area contributed by atoms with Crippen molar-refractivity contribution < 1.29 is 4.79 Å². The third-order valence-electron chi connectivity index (χ3n) is 3.53. The van der Waals surface area contributed by atoms with Gasteiger partial charge >= 0.3 is 6.03 Å². The molecule has 4 heteroatoms. The fourth-order valence-electron chi connectivity index (χ4n) is 2.43. The molecule has 0 aromatic carbocycles. The summed E-state index contributed by atoms with van der Waals surface area (Å²) in [6.07, 6.45) is 6.10. The van der Waals surface area contributed by atoms with E-state index in [0.29, 0.717) is 6.04 Å². The van der Waals surface area contributed by atoms with E-state index < -0.39 is 0 Å². The second kappa shape index (κ2) is 6.78. The van der Waals surface area contributed by atoms with Crippen molar-refractivity contribution in [2.45, 2.75) is 51.6 Å². The maximum Gasteiger partial charge on any atom is 0.317 e. The van der Waals surface area contributed by atoms with E-state index in [2.05, 4.69) is 16.8 Å². The van der Waals surface area contributed by atoms with Crippen LogP contribution in [0.15, 0.2) is 17.5 Å². The number of thiophene rings is 1. The highest BCUT2D eigenvalue weighted by Gasteiger charge is 2.19. The molecule has 0 bridgehead atoms. The van der Waals surface area contributed by atoms with E-state index in [-0.39, 0.29) is 6.03 Å². The van der Waals surface area contributed by atoms with E-state index in [1.807, 2.05) is 17.9 Å². The Morgan fingerprint density at radius 3 is 2.83 bits per heavy atom. The Morgan fingerprint density at radius 1 is 1.44 bits per heavy atom. The van der Waals surface area contributed by atoms with Gasteiger partial charge in [-0.1, -0.05) is 25.3 Å². The van der Waals surface area contributed by atoms with Gasteiger partial charge in [0.15, 0.2) is 0 Å². The monoisotopic (exact) mass is 266 g/mol. The molecule has 1 aromatic rings. The molecule has 0 radical (unpaired) electrons. The van der Waals surface area contributed by atoms with Crippen molar-refractivity contribution in [3.8, 4) is 0 Å². The van der Waals surface area contributed by atoms with Crippen molar-refractivity contribution in [3.05, 3.63) is 22.4 Å². The van der Waals surface area contributed by atoms with E-state index >= 15 is 0 Å². The minimum Gasteiger partial charge on any atom is -0.335 e. The summed E-state index contributed by atoms with van der Waals surface area (Å²) in [6.45, 7) is 3.53. The van der Waals surface area contributed by atoms with Crippen LogP contribution in [-0.2, 0) is 6.54 Å². The van der Waals surface area contributed by atoms with Gasteiger partial charge in [-0.05, 0) is 31.2 Å². The van der Waals surface area contributed by atoms with Gasteiger partial charge in [0.05, 0.1) is 6.54 Å². The van der Waals surface area contributed by atoms with Crippen molar-refractivity contribution in [1.82, 2.24) is 10.2 Å². The van der Waals surface area contributed by atoms with Gasteiger partial charge in [-0.15, -0.1) is 11.3 Å². The van der Waals surface area contributed by atoms with E-state index in [1.54, 1.807) is 11.3 Å². The summed E-state index contributed by atoms with van der Waals surface area (Å²) < 4.78 is 0. The molecular formula is C14H22N2OS. The Morgan fingerprint density at radius 2 is 2.22 bits per heavy atom. The largest absolute Gasteiger partial charge is 0.335 e. The van der Waals surface area contributed by atoms with Gasteiger partial charge in [-0.3, -0.25) is 0 Å². The number of hydrogen-bond acceptors (Lipinski definition) is 2. The average molecular weight is 266 g/mol. The zero-order valence-electron chi connectivity index (χ0n) is 11.0. The first-order valence-electron chi connectivity index (χ1n) is 6.87. The van der Waals surface area contributed by atoms with Crippen LogP contribution >= 0.6 is 11.3 Å². The maximum atomic E-state index is 12.2. The van der Waals surface area contributed by atoms with Crippen LogP contribution in [0, 0.1) is 0 Å². The topological polar surface area (TPSA) is 32.3 Å². The molecule has 100 valence electrons. The highest BCUT2D eigenvalue weighted by molar-refractivity contribution is 7.09. The predicted octanol–water partition coefficient (Wildman–Crippen LogP) is 3.61. The molecule has 0 unspecified atom stereocenters. The zero-order valence-corrected chi connectivity index (χ0v) is 11.8. The second-order valence-corrected chi connectivity index (χ2v) is 5.91. The van der Waals surface area contributed by atoms with Crippen molar-refractivity contribution in [1.29, 1.82) is 0 Å². The third kappa shape index (κ3) is 3.73. The average Bonchev–Trinajstić information content (AvgIpc) is 2.90. The molecule has 1 saturated carbocycles. The van der Waals surface area contributed by atoms with Crippen LogP contribution in [0.25, 0.3) is 0 Å². The van der Waals surface area contributed by atoms with Crippen molar-refractivity contribution in [2.75, 3.05) is 6.54 Å². The lowest BCUT2D eigenvalue weighted by Crippen LogP contribution is -2.45. The summed E-state index contributed by atoms with van der Waals surface area (Å²) in [4.78, 5) is 15.3. The minimum absolute atomic E-state index is 0.0952. The number of carbonyl (C=O) groups is 1. The summed E-state index contributed by atoms with van der Waals surface area (Å²) in [5, 5.41) is 5.23. The van der Waals surface area contributed by atoms with Crippen LogP contribution in [0.1, 0.15) is 43.9 Å². The number of nitrogens with one attached hydrogen (secondary N) is 1. The molecule has 1 aromatic heterocycles. The molecule has 1 heterocycles. The van der Waals surface area contributed by atoms with Gasteiger partial charge in [0.25, 0.3) is 0 Å². The van der Waals surface area contributed by atoms with Crippen molar-refractivity contribution >= 4 is 17.4 Å². The molecule has 0 saturated heterocycles. The van der Waals surface area contributed by atoms with Gasteiger partial charge in [-0.25, -0.2) is 4.79 Å². The molecule has 1 fully saturated rings. The molecule has 1 N–H and O–H groups in total. The molecule has 1 aliphatic carbocycles. The summed E-state index contributed by atoms with van der Waals surface area (Å²) in [5.41, 5.74) is 0. The maximum absolute atomic E-state index is 12.2. The first kappa shape index (κ1) is 13.4. The Kier molecular flexibility index (Phi) is 5.05. The number of carbonyl (C=O) groups excluding carboxylic acids is 1. The first-order chi connectivity index (χ1) is 8.79. The quantitative estimate of drug-likeness (QED) is 0.887. The Balaban J connectivity index is 1.84. The zero-order chi connectivity index (χ0) is 12.8. The highest BCUT2D eigenvalue weighted by Crippen LogP contribution is 2.18. The number of rotatable bonds is 4. The normalized spacial score (nSPS) is 16.5. The number of amides is 2. The Labute approximate surface area is 113 Å². The lowest BCUT2D eigenvalue weighted by Gasteiger charge is -2.27. The number of nitrogens with zero attached hydrogens (tertiary/aromatic N) is 1. The van der Waals surface area contributed by atoms with E-state index in [4.69, 9.17) is 0 Å². The van der Waals surface area contributed by atoms with E-state index in [1.165, 1.54) is 24.1 Å². The molecule has 3 nitrogen and oxygen atoms in total. The Hall–Kier alpha value is -1.03. The molecule has 0 aliphatic heterocycles. The van der Waals surface area contributed by atoms with Gasteiger partial charge in [0.2, 0.25) is 0 Å². The number of hydrogen-bond donors (Lipinski definition) is 1. The van der Waals surface area contributed by atoms with Gasteiger partial charge < -0.3 is 10.2 Å². The van der Waals surface area contributed by atoms with Crippen LogP contribution < -0.4 is 5.32 Å². The molecular weight excluding hydrogens is 244 g/mol. The SMILES string of the molecule is CCN(Cc1cccs1)C(=O)NC1CCCCC1. The summed E-state index contributed by atoms with van der Waals surface area (Å²) in [6, 6.07) is 4.61. The minimum atomic E-state index is 0.0952. The van der Waals surface area contributed by atoms with Crippen LogP contribution in [0.2, 0.25) is 0 Å². The van der Waals surface area contributed by atoms with Gasteiger partial charge in [-0.2, -0.15) is 0 Å². The third-order valence-corrected chi connectivity index (χ3v) is 4.39. The Bertz CT molecular complexity index is 358. The van der Waals surface area contributed by atoms with Gasteiger partial charge in [0.1, 0.15) is 0 Å². The smallest absolute Gasteiger partial charge is 0.317 e. The van der Waals surface area contributed by atoms with Crippen molar-refractivity contribution in [2.24, 2.45) is 0 Å². The summed E-state index contributed by atoms with van der Waals surface area (Å²) in [5.74, 6) is 0. The van der Waals surface area contributed by atoms with Crippen LogP contribution in [0.4, 0.5) is 4.79 Å². The van der Waals surface area contributed by atoms with E-state index in [9.17, 15) is 4.79 Å². The lowest BCUT2D eigenvalue weighted by molar-refractivity contribution is 0.190. The molecule has 2 amide bonds. The lowest BCUT2D eigenvalue weighted by atomic mass is 9.96. The fraction of sp³-hybridized carbons (Fsp3) is 0.643. The molecule has 0 spiro atoms. The predicted molar refractivity (Wildman–Crippen MR) is 75.8 cm³/mol. The fourth-order valence-corrected chi connectivity index (χ4v) is 3.15. The number of urea groups is 1. The second-order valence-electron chi connectivity index (χ2n) is 4.88. The van der Waals surface area contributed by atoms with Crippen LogP contribution in [0.5, 0.6) is 0 Å². The summed E-state index contributed by atoms with van der Waals surface area (Å²) in [7, 11) is 0. The van der Waals surface area contributed by atoms with Crippen molar-refractivity contribution in [3.63, 3.8) is 0 Å². The highest BCUT2D eigenvalue weighted by atomic mass is 32.1. The molecule has 0 atom stereocenters. The van der Waals surface area contributed by atoms with Crippen LogP contribution in [0.3, 0.4) is 0 Å².